The summed E-state index contributed by atoms with van der Waals surface area (Å²) in [5, 5.41) is 12.0. The van der Waals surface area contributed by atoms with Crippen LogP contribution in [0, 0.1) is 20.7 Å². The molecule has 0 spiro atoms. The highest BCUT2D eigenvalue weighted by Gasteiger charge is 2.09. The summed E-state index contributed by atoms with van der Waals surface area (Å²) in [4.78, 5) is 12.3. The van der Waals surface area contributed by atoms with Crippen LogP contribution in [0.25, 0.3) is 6.08 Å². The van der Waals surface area contributed by atoms with Crippen LogP contribution in [-0.2, 0) is 11.4 Å². The van der Waals surface area contributed by atoms with Crippen molar-refractivity contribution in [1.29, 1.82) is 5.26 Å². The number of carbonyl (C=O) groups is 1. The molecular weight excluding hydrogens is 482 g/mol. The van der Waals surface area contributed by atoms with Crippen molar-refractivity contribution in [3.05, 3.63) is 98.9 Å². The van der Waals surface area contributed by atoms with Gasteiger partial charge in [0, 0.05) is 9.26 Å². The van der Waals surface area contributed by atoms with Gasteiger partial charge in [-0.15, -0.1) is 0 Å². The molecule has 0 aliphatic heterocycles. The normalized spacial score (nSPS) is 10.9. The molecule has 0 unspecified atom stereocenters. The molecule has 3 rings (SSSR count). The molecule has 0 radical (unpaired) electrons. The number of nitrogens with one attached hydrogen (secondary N) is 1. The predicted octanol–water partition coefficient (Wildman–Crippen LogP) is 5.55. The number of ether oxygens (including phenoxy) is 1. The summed E-state index contributed by atoms with van der Waals surface area (Å²) in [5.74, 6) is -0.122. The van der Waals surface area contributed by atoms with Gasteiger partial charge < -0.3 is 10.1 Å². The van der Waals surface area contributed by atoms with Crippen molar-refractivity contribution in [2.24, 2.45) is 0 Å². The maximum Gasteiger partial charge on any atom is 0.266 e. The van der Waals surface area contributed by atoms with Crippen LogP contribution in [0.4, 0.5) is 10.1 Å². The Hall–Kier alpha value is -3.18. The van der Waals surface area contributed by atoms with Crippen LogP contribution in [0.2, 0.25) is 0 Å². The summed E-state index contributed by atoms with van der Waals surface area (Å²) >= 11 is 2.18. The van der Waals surface area contributed by atoms with Crippen molar-refractivity contribution >= 4 is 40.3 Å². The molecule has 3 aromatic carbocycles. The molecule has 1 N–H and O–H groups in total. The molecule has 0 saturated carbocycles. The maximum absolute atomic E-state index is 12.9. The summed E-state index contributed by atoms with van der Waals surface area (Å²) < 4.78 is 19.6. The van der Waals surface area contributed by atoms with E-state index in [-0.39, 0.29) is 11.4 Å². The number of carbonyl (C=O) groups excluding carboxylic acids is 1. The lowest BCUT2D eigenvalue weighted by molar-refractivity contribution is -0.112. The quantitative estimate of drug-likeness (QED) is 0.275. The number of anilines is 1. The topological polar surface area (TPSA) is 62.1 Å². The average Bonchev–Trinajstić information content (AvgIpc) is 2.74. The van der Waals surface area contributed by atoms with Crippen LogP contribution in [0.3, 0.4) is 0 Å². The zero-order valence-corrected chi connectivity index (χ0v) is 17.4. The summed E-state index contributed by atoms with van der Waals surface area (Å²) in [5.41, 5.74) is 2.19. The molecule has 1 amide bonds. The van der Waals surface area contributed by atoms with E-state index in [9.17, 15) is 14.4 Å². The smallest absolute Gasteiger partial charge is 0.266 e. The molecule has 3 aromatic rings. The number of hydrogen-bond donors (Lipinski definition) is 1. The molecule has 0 heterocycles. The average molecular weight is 498 g/mol. The number of halogens is 2. The monoisotopic (exact) mass is 498 g/mol. The zero-order valence-electron chi connectivity index (χ0n) is 15.2. The Balaban J connectivity index is 1.63. The first-order valence-electron chi connectivity index (χ1n) is 8.69. The Morgan fingerprint density at radius 2 is 1.69 bits per heavy atom. The Morgan fingerprint density at radius 3 is 2.31 bits per heavy atom. The standard InChI is InChI=1S/C23H16FIN2O2/c24-19-5-1-17(2-6-19)15-29-22-11-3-16(4-12-22)13-18(14-26)23(28)27-21-9-7-20(25)8-10-21/h1-13H,15H2,(H,27,28)/b18-13+. The SMILES string of the molecule is N#C/C(=C\c1ccc(OCc2ccc(F)cc2)cc1)C(=O)Nc1ccc(I)cc1. The Kier molecular flexibility index (Phi) is 6.98. The molecule has 0 saturated heterocycles. The van der Waals surface area contributed by atoms with E-state index in [4.69, 9.17) is 4.74 Å². The second kappa shape index (κ2) is 9.85. The molecule has 0 aliphatic rings. The van der Waals surface area contributed by atoms with E-state index in [2.05, 4.69) is 27.9 Å². The fourth-order valence-electron chi connectivity index (χ4n) is 2.45. The Labute approximate surface area is 181 Å². The number of nitriles is 1. The second-order valence-electron chi connectivity index (χ2n) is 6.12. The van der Waals surface area contributed by atoms with Gasteiger partial charge >= 0.3 is 0 Å². The van der Waals surface area contributed by atoms with Gasteiger partial charge in [-0.3, -0.25) is 4.79 Å². The van der Waals surface area contributed by atoms with Crippen molar-refractivity contribution in [2.75, 3.05) is 5.32 Å². The molecule has 144 valence electrons. The molecular formula is C23H16FIN2O2. The number of amides is 1. The minimum atomic E-state index is -0.467. The van der Waals surface area contributed by atoms with E-state index in [1.165, 1.54) is 18.2 Å². The van der Waals surface area contributed by atoms with E-state index >= 15 is 0 Å². The summed E-state index contributed by atoms with van der Waals surface area (Å²) in [6, 6.07) is 22.4. The van der Waals surface area contributed by atoms with Gasteiger partial charge in [-0.1, -0.05) is 24.3 Å². The third-order valence-electron chi connectivity index (χ3n) is 3.98. The highest BCUT2D eigenvalue weighted by atomic mass is 127. The molecule has 0 aliphatic carbocycles. The molecule has 0 aromatic heterocycles. The number of benzene rings is 3. The zero-order chi connectivity index (χ0) is 20.6. The van der Waals surface area contributed by atoms with Gasteiger partial charge in [0.1, 0.15) is 29.8 Å². The van der Waals surface area contributed by atoms with Crippen molar-refractivity contribution in [2.45, 2.75) is 6.61 Å². The third kappa shape index (κ3) is 6.16. The minimum Gasteiger partial charge on any atom is -0.489 e. The lowest BCUT2D eigenvalue weighted by atomic mass is 10.1. The molecule has 0 bridgehead atoms. The Bertz CT molecular complexity index is 1050. The van der Waals surface area contributed by atoms with Crippen molar-refractivity contribution in [3.8, 4) is 11.8 Å². The van der Waals surface area contributed by atoms with Crippen molar-refractivity contribution in [3.63, 3.8) is 0 Å². The van der Waals surface area contributed by atoms with E-state index in [1.807, 2.05) is 18.2 Å². The second-order valence-corrected chi connectivity index (χ2v) is 7.36. The fourth-order valence-corrected chi connectivity index (χ4v) is 2.81. The van der Waals surface area contributed by atoms with E-state index in [0.717, 1.165) is 9.13 Å². The van der Waals surface area contributed by atoms with E-state index in [0.29, 0.717) is 23.6 Å². The highest BCUT2D eigenvalue weighted by molar-refractivity contribution is 14.1. The van der Waals surface area contributed by atoms with Crippen LogP contribution < -0.4 is 10.1 Å². The molecule has 0 atom stereocenters. The number of rotatable bonds is 6. The third-order valence-corrected chi connectivity index (χ3v) is 4.70. The van der Waals surface area contributed by atoms with Gasteiger partial charge in [-0.05, 0) is 88.3 Å². The molecule has 29 heavy (non-hydrogen) atoms. The van der Waals surface area contributed by atoms with Crippen LogP contribution in [0.5, 0.6) is 5.75 Å². The van der Waals surface area contributed by atoms with Gasteiger partial charge in [-0.25, -0.2) is 4.39 Å². The highest BCUT2D eigenvalue weighted by Crippen LogP contribution is 2.17. The summed E-state index contributed by atoms with van der Waals surface area (Å²) in [7, 11) is 0. The van der Waals surface area contributed by atoms with Crippen molar-refractivity contribution < 1.29 is 13.9 Å². The van der Waals surface area contributed by atoms with E-state index < -0.39 is 5.91 Å². The summed E-state index contributed by atoms with van der Waals surface area (Å²) in [6.07, 6.45) is 1.52. The predicted molar refractivity (Wildman–Crippen MR) is 119 cm³/mol. The van der Waals surface area contributed by atoms with Crippen LogP contribution >= 0.6 is 22.6 Å². The first-order valence-corrected chi connectivity index (χ1v) is 9.77. The largest absolute Gasteiger partial charge is 0.489 e. The fraction of sp³-hybridized carbons (Fsp3) is 0.0435. The van der Waals surface area contributed by atoms with Crippen LogP contribution in [0.1, 0.15) is 11.1 Å². The number of nitrogens with zero attached hydrogens (tertiary/aromatic N) is 1. The number of hydrogen-bond acceptors (Lipinski definition) is 3. The van der Waals surface area contributed by atoms with Gasteiger partial charge in [0.05, 0.1) is 0 Å². The van der Waals surface area contributed by atoms with Gasteiger partial charge in [0.2, 0.25) is 0 Å². The van der Waals surface area contributed by atoms with Crippen LogP contribution in [-0.4, -0.2) is 5.91 Å². The summed E-state index contributed by atoms with van der Waals surface area (Å²) in [6.45, 7) is 0.317. The molecule has 4 nitrogen and oxygen atoms in total. The van der Waals surface area contributed by atoms with Gasteiger partial charge in [0.15, 0.2) is 0 Å². The van der Waals surface area contributed by atoms with Gasteiger partial charge in [0.25, 0.3) is 5.91 Å². The first kappa shape index (κ1) is 20.6. The lowest BCUT2D eigenvalue weighted by Crippen LogP contribution is -2.13. The molecule has 0 fully saturated rings. The first-order chi connectivity index (χ1) is 14.0. The van der Waals surface area contributed by atoms with Crippen LogP contribution in [0.15, 0.2) is 78.4 Å². The van der Waals surface area contributed by atoms with Crippen molar-refractivity contribution in [1.82, 2.24) is 0 Å². The molecule has 6 heteroatoms. The maximum atomic E-state index is 12.9. The van der Waals surface area contributed by atoms with Gasteiger partial charge in [-0.2, -0.15) is 5.26 Å². The lowest BCUT2D eigenvalue weighted by Gasteiger charge is -2.07. The Morgan fingerprint density at radius 1 is 1.03 bits per heavy atom. The van der Waals surface area contributed by atoms with E-state index in [1.54, 1.807) is 48.5 Å². The minimum absolute atomic E-state index is 0.00327.